The molecule has 1 unspecified atom stereocenters. The smallest absolute Gasteiger partial charge is 0.292 e. The van der Waals surface area contributed by atoms with Crippen LogP contribution in [0.4, 0.5) is 11.4 Å². The van der Waals surface area contributed by atoms with Gasteiger partial charge in [0.25, 0.3) is 5.69 Å². The van der Waals surface area contributed by atoms with Crippen LogP contribution in [0.3, 0.4) is 0 Å². The number of benzene rings is 1. The van der Waals surface area contributed by atoms with Gasteiger partial charge in [0.2, 0.25) is 0 Å². The Hall–Kier alpha value is -1.82. The summed E-state index contributed by atoms with van der Waals surface area (Å²) in [5, 5.41) is 14.3. The quantitative estimate of drug-likeness (QED) is 0.678. The highest BCUT2D eigenvalue weighted by Crippen LogP contribution is 2.32. The van der Waals surface area contributed by atoms with E-state index < -0.39 is 0 Å². The molecule has 1 aliphatic heterocycles. The van der Waals surface area contributed by atoms with Gasteiger partial charge in [0.1, 0.15) is 11.4 Å². The Morgan fingerprint density at radius 2 is 2.25 bits per heavy atom. The first-order valence-corrected chi connectivity index (χ1v) is 6.64. The van der Waals surface area contributed by atoms with Crippen LogP contribution < -0.4 is 10.1 Å². The molecule has 1 saturated heterocycles. The normalized spacial score (nSPS) is 21.2. The number of anilines is 1. The van der Waals surface area contributed by atoms with Crippen molar-refractivity contribution in [2.75, 3.05) is 19.0 Å². The summed E-state index contributed by atoms with van der Waals surface area (Å²) >= 11 is 0. The van der Waals surface area contributed by atoms with Crippen LogP contribution in [-0.4, -0.2) is 30.3 Å². The van der Waals surface area contributed by atoms with Gasteiger partial charge in [-0.15, -0.1) is 0 Å². The van der Waals surface area contributed by atoms with Crippen molar-refractivity contribution in [3.63, 3.8) is 0 Å². The zero-order valence-corrected chi connectivity index (χ0v) is 12.0. The minimum absolute atomic E-state index is 0.0649. The second kappa shape index (κ2) is 5.66. The molecule has 0 amide bonds. The maximum atomic E-state index is 11.1. The molecule has 1 N–H and O–H groups in total. The highest BCUT2D eigenvalue weighted by Gasteiger charge is 2.30. The van der Waals surface area contributed by atoms with E-state index >= 15 is 0 Å². The lowest BCUT2D eigenvalue weighted by Gasteiger charge is -2.36. The van der Waals surface area contributed by atoms with Gasteiger partial charge in [0.05, 0.1) is 17.6 Å². The number of nitro benzene ring substituents is 1. The molecule has 0 radical (unpaired) electrons. The average Bonchev–Trinajstić information content (AvgIpc) is 2.37. The largest absolute Gasteiger partial charge is 0.497 e. The second-order valence-corrected chi connectivity index (χ2v) is 5.58. The number of rotatable bonds is 4. The van der Waals surface area contributed by atoms with Gasteiger partial charge >= 0.3 is 0 Å². The SMILES string of the molecule is COc1ccc([N+](=O)[O-])c(NC2CCOC(C)(C)C2)c1. The van der Waals surface area contributed by atoms with Gasteiger partial charge in [-0.25, -0.2) is 0 Å². The summed E-state index contributed by atoms with van der Waals surface area (Å²) in [6, 6.07) is 4.88. The molecule has 0 spiro atoms. The molecule has 1 heterocycles. The minimum Gasteiger partial charge on any atom is -0.497 e. The van der Waals surface area contributed by atoms with Crippen LogP contribution in [0, 0.1) is 10.1 Å². The predicted octanol–water partition coefficient (Wildman–Crippen LogP) is 2.97. The molecular formula is C14H20N2O4. The Morgan fingerprint density at radius 3 is 2.85 bits per heavy atom. The predicted molar refractivity (Wildman–Crippen MR) is 76.3 cm³/mol. The Balaban J connectivity index is 2.20. The fraction of sp³-hybridized carbons (Fsp3) is 0.571. The van der Waals surface area contributed by atoms with Crippen LogP contribution in [-0.2, 0) is 4.74 Å². The number of hydrogen-bond acceptors (Lipinski definition) is 5. The zero-order chi connectivity index (χ0) is 14.8. The van der Waals surface area contributed by atoms with Gasteiger partial charge in [-0.05, 0) is 32.8 Å². The van der Waals surface area contributed by atoms with E-state index in [9.17, 15) is 10.1 Å². The second-order valence-electron chi connectivity index (χ2n) is 5.58. The summed E-state index contributed by atoms with van der Waals surface area (Å²) in [5.41, 5.74) is 0.357. The van der Waals surface area contributed by atoms with Crippen molar-refractivity contribution in [1.29, 1.82) is 0 Å². The number of methoxy groups -OCH3 is 1. The van der Waals surface area contributed by atoms with E-state index in [0.29, 0.717) is 18.0 Å². The number of nitrogens with zero attached hydrogens (tertiary/aromatic N) is 1. The number of nitro groups is 1. The average molecular weight is 280 g/mol. The molecular weight excluding hydrogens is 260 g/mol. The maximum Gasteiger partial charge on any atom is 0.292 e. The lowest BCUT2D eigenvalue weighted by atomic mass is 9.93. The van der Waals surface area contributed by atoms with E-state index in [-0.39, 0.29) is 22.3 Å². The number of nitrogens with one attached hydrogen (secondary N) is 1. The summed E-state index contributed by atoms with van der Waals surface area (Å²) in [5.74, 6) is 0.601. The van der Waals surface area contributed by atoms with Gasteiger partial charge in [0.15, 0.2) is 0 Å². The molecule has 6 heteroatoms. The van der Waals surface area contributed by atoms with Crippen LogP contribution in [0.1, 0.15) is 26.7 Å². The molecule has 1 aromatic carbocycles. The topological polar surface area (TPSA) is 73.6 Å². The summed E-state index contributed by atoms with van der Waals surface area (Å²) in [4.78, 5) is 10.7. The molecule has 2 rings (SSSR count). The molecule has 1 fully saturated rings. The Bertz CT molecular complexity index is 502. The molecule has 0 aliphatic carbocycles. The number of hydrogen-bond donors (Lipinski definition) is 1. The molecule has 0 saturated carbocycles. The van der Waals surface area contributed by atoms with Crippen molar-refractivity contribution in [1.82, 2.24) is 0 Å². The van der Waals surface area contributed by atoms with E-state index in [1.807, 2.05) is 13.8 Å². The minimum atomic E-state index is -0.383. The monoisotopic (exact) mass is 280 g/mol. The lowest BCUT2D eigenvalue weighted by Crippen LogP contribution is -2.40. The van der Waals surface area contributed by atoms with Crippen LogP contribution in [0.15, 0.2) is 18.2 Å². The van der Waals surface area contributed by atoms with Crippen molar-refractivity contribution in [3.05, 3.63) is 28.3 Å². The highest BCUT2D eigenvalue weighted by atomic mass is 16.6. The summed E-state index contributed by atoms with van der Waals surface area (Å²) in [6.45, 7) is 4.71. The molecule has 1 atom stereocenters. The van der Waals surface area contributed by atoms with Gasteiger partial charge in [0, 0.05) is 24.8 Å². The van der Waals surface area contributed by atoms with E-state index in [0.717, 1.165) is 12.8 Å². The van der Waals surface area contributed by atoms with Crippen molar-refractivity contribution >= 4 is 11.4 Å². The van der Waals surface area contributed by atoms with Gasteiger partial charge in [-0.2, -0.15) is 0 Å². The van der Waals surface area contributed by atoms with E-state index in [1.165, 1.54) is 6.07 Å². The lowest BCUT2D eigenvalue weighted by molar-refractivity contribution is -0.384. The fourth-order valence-electron chi connectivity index (χ4n) is 2.49. The zero-order valence-electron chi connectivity index (χ0n) is 12.0. The first-order valence-electron chi connectivity index (χ1n) is 6.64. The fourth-order valence-corrected chi connectivity index (χ4v) is 2.49. The molecule has 1 aromatic rings. The Kier molecular flexibility index (Phi) is 4.13. The van der Waals surface area contributed by atoms with Gasteiger partial charge in [-0.1, -0.05) is 0 Å². The first-order chi connectivity index (χ1) is 9.41. The van der Waals surface area contributed by atoms with Crippen molar-refractivity contribution < 1.29 is 14.4 Å². The van der Waals surface area contributed by atoms with E-state index in [2.05, 4.69) is 5.32 Å². The van der Waals surface area contributed by atoms with Gasteiger partial charge < -0.3 is 14.8 Å². The summed E-state index contributed by atoms with van der Waals surface area (Å²) in [6.07, 6.45) is 1.64. The molecule has 0 aromatic heterocycles. The standard InChI is InChI=1S/C14H20N2O4/c1-14(2)9-10(6-7-20-14)15-12-8-11(19-3)4-5-13(12)16(17)18/h4-5,8,10,15H,6-7,9H2,1-3H3. The third-order valence-electron chi connectivity index (χ3n) is 3.46. The van der Waals surface area contributed by atoms with Crippen LogP contribution in [0.25, 0.3) is 0 Å². The Morgan fingerprint density at radius 1 is 1.50 bits per heavy atom. The van der Waals surface area contributed by atoms with Crippen molar-refractivity contribution in [3.8, 4) is 5.75 Å². The highest BCUT2D eigenvalue weighted by molar-refractivity contribution is 5.64. The summed E-state index contributed by atoms with van der Waals surface area (Å²) < 4.78 is 10.8. The van der Waals surface area contributed by atoms with Crippen LogP contribution >= 0.6 is 0 Å². The van der Waals surface area contributed by atoms with Crippen molar-refractivity contribution in [2.45, 2.75) is 38.3 Å². The van der Waals surface area contributed by atoms with Crippen LogP contribution in [0.2, 0.25) is 0 Å². The molecule has 20 heavy (non-hydrogen) atoms. The third-order valence-corrected chi connectivity index (χ3v) is 3.46. The third kappa shape index (κ3) is 3.39. The number of ether oxygens (including phenoxy) is 2. The molecule has 110 valence electrons. The van der Waals surface area contributed by atoms with E-state index in [1.54, 1.807) is 19.2 Å². The summed E-state index contributed by atoms with van der Waals surface area (Å²) in [7, 11) is 1.54. The Labute approximate surface area is 118 Å². The van der Waals surface area contributed by atoms with Crippen molar-refractivity contribution in [2.24, 2.45) is 0 Å². The molecule has 6 nitrogen and oxygen atoms in total. The first kappa shape index (κ1) is 14.6. The van der Waals surface area contributed by atoms with Gasteiger partial charge in [-0.3, -0.25) is 10.1 Å². The van der Waals surface area contributed by atoms with Crippen LogP contribution in [0.5, 0.6) is 5.75 Å². The molecule has 0 bridgehead atoms. The maximum absolute atomic E-state index is 11.1. The van der Waals surface area contributed by atoms with E-state index in [4.69, 9.17) is 9.47 Å². The molecule has 1 aliphatic rings.